The summed E-state index contributed by atoms with van der Waals surface area (Å²) in [7, 11) is 0. The fourth-order valence-electron chi connectivity index (χ4n) is 9.18. The minimum absolute atomic E-state index is 0.00786. The van der Waals surface area contributed by atoms with Crippen molar-refractivity contribution in [3.63, 3.8) is 0 Å². The predicted molar refractivity (Wildman–Crippen MR) is 253 cm³/mol. The number of rotatable bonds is 10. The molecule has 8 heteroatoms. The maximum absolute atomic E-state index is 14.5. The first-order valence-corrected chi connectivity index (χ1v) is 22.9. The summed E-state index contributed by atoms with van der Waals surface area (Å²) in [5, 5.41) is 8.08. The molecule has 8 rings (SSSR count). The Balaban J connectivity index is 1.46. The number of aryl methyl sites for hydroxylation is 4. The van der Waals surface area contributed by atoms with Crippen LogP contribution in [0.4, 0.5) is 11.4 Å². The molecule has 5 aromatic carbocycles. The second kappa shape index (κ2) is 18.0. The Kier molecular flexibility index (Phi) is 12.8. The molecule has 0 spiro atoms. The summed E-state index contributed by atoms with van der Waals surface area (Å²) in [5.74, 6) is -0.636. The van der Waals surface area contributed by atoms with Crippen molar-refractivity contribution in [2.45, 2.75) is 110 Å². The highest BCUT2D eigenvalue weighted by Gasteiger charge is 2.48. The van der Waals surface area contributed by atoms with E-state index in [0.29, 0.717) is 17.6 Å². The van der Waals surface area contributed by atoms with Crippen LogP contribution in [0.15, 0.2) is 97.1 Å². The number of nitrogens with one attached hydrogen (secondary N) is 2. The Morgan fingerprint density at radius 2 is 0.950 bits per heavy atom. The lowest BCUT2D eigenvalue weighted by Crippen LogP contribution is -2.25. The van der Waals surface area contributed by atoms with E-state index in [-0.39, 0.29) is 25.7 Å². The van der Waals surface area contributed by atoms with E-state index < -0.39 is 11.6 Å². The Morgan fingerprint density at radius 1 is 0.550 bits per heavy atom. The van der Waals surface area contributed by atoms with E-state index in [4.69, 9.17) is 51.1 Å². The molecule has 0 bridgehead atoms. The monoisotopic (exact) mass is 876 g/mol. The van der Waals surface area contributed by atoms with Gasteiger partial charge >= 0.3 is 5.97 Å². The molecule has 2 N–H and O–H groups in total. The molecule has 0 saturated heterocycles. The van der Waals surface area contributed by atoms with Crippen LogP contribution >= 0.6 is 46.4 Å². The van der Waals surface area contributed by atoms with Gasteiger partial charge in [-0.2, -0.15) is 0 Å². The third-order valence-corrected chi connectivity index (χ3v) is 14.2. The van der Waals surface area contributed by atoms with Gasteiger partial charge in [0.2, 0.25) is 0 Å². The van der Waals surface area contributed by atoms with Gasteiger partial charge in [-0.05, 0) is 111 Å². The fourth-order valence-corrected chi connectivity index (χ4v) is 10.3. The predicted octanol–water partition coefficient (Wildman–Crippen LogP) is 15.7. The zero-order chi connectivity index (χ0) is 42.1. The number of halogens is 4. The highest BCUT2D eigenvalue weighted by Crippen LogP contribution is 2.54. The average molecular weight is 879 g/mol. The van der Waals surface area contributed by atoms with Gasteiger partial charge in [-0.25, -0.2) is 4.79 Å². The summed E-state index contributed by atoms with van der Waals surface area (Å²) in [4.78, 5) is 14.5. The minimum atomic E-state index is -1.61. The molecule has 1 aliphatic heterocycles. The Morgan fingerprint density at radius 3 is 1.38 bits per heavy atom. The zero-order valence-electron chi connectivity index (χ0n) is 34.8. The molecular formula is C52H52Cl4N2O2. The highest BCUT2D eigenvalue weighted by atomic mass is 35.5. The van der Waals surface area contributed by atoms with Gasteiger partial charge in [0, 0.05) is 40.1 Å². The quantitative estimate of drug-likeness (QED) is 0.0834. The van der Waals surface area contributed by atoms with E-state index >= 15 is 0 Å². The lowest BCUT2D eigenvalue weighted by atomic mass is 9.82. The molecule has 310 valence electrons. The van der Waals surface area contributed by atoms with Crippen molar-refractivity contribution >= 4 is 74.9 Å². The van der Waals surface area contributed by atoms with Crippen molar-refractivity contribution in [3.8, 4) is 0 Å². The van der Waals surface area contributed by atoms with Gasteiger partial charge in [0.05, 0.1) is 25.7 Å². The van der Waals surface area contributed by atoms with Gasteiger partial charge in [0.1, 0.15) is 0 Å². The maximum Gasteiger partial charge on any atom is 0.341 e. The van der Waals surface area contributed by atoms with Crippen molar-refractivity contribution in [1.82, 2.24) is 0 Å². The number of fused-ring (bicyclic) bond motifs is 1. The summed E-state index contributed by atoms with van der Waals surface area (Å²) in [5.41, 5.74) is 11.0. The van der Waals surface area contributed by atoms with Crippen LogP contribution in [-0.4, -0.2) is 18.1 Å². The van der Waals surface area contributed by atoms with Crippen molar-refractivity contribution in [3.05, 3.63) is 173 Å². The molecule has 0 unspecified atom stereocenters. The van der Waals surface area contributed by atoms with Gasteiger partial charge in [-0.15, -0.1) is 0 Å². The van der Waals surface area contributed by atoms with E-state index in [0.717, 1.165) is 92.7 Å². The van der Waals surface area contributed by atoms with E-state index in [2.05, 4.69) is 123 Å². The second-order valence-electron chi connectivity index (χ2n) is 17.1. The van der Waals surface area contributed by atoms with E-state index in [1.807, 2.05) is 12.2 Å². The molecule has 60 heavy (non-hydrogen) atoms. The van der Waals surface area contributed by atoms with Crippen molar-refractivity contribution < 1.29 is 9.53 Å². The summed E-state index contributed by atoms with van der Waals surface area (Å²) in [6.07, 6.45) is 15.8. The maximum atomic E-state index is 14.5. The molecule has 3 aliphatic rings. The van der Waals surface area contributed by atoms with Crippen LogP contribution in [0.1, 0.15) is 125 Å². The number of ether oxygens (including phenoxy) is 1. The van der Waals surface area contributed by atoms with Crippen LogP contribution in [0.3, 0.4) is 0 Å². The van der Waals surface area contributed by atoms with Crippen molar-refractivity contribution in [2.24, 2.45) is 0 Å². The first-order valence-electron chi connectivity index (χ1n) is 21.4. The van der Waals surface area contributed by atoms with Gasteiger partial charge in [0.25, 0.3) is 0 Å². The third kappa shape index (κ3) is 8.77. The topological polar surface area (TPSA) is 50.4 Å². The molecular weight excluding hydrogens is 826 g/mol. The third-order valence-electron chi connectivity index (χ3n) is 12.4. The number of hydrogen-bond acceptors (Lipinski definition) is 4. The van der Waals surface area contributed by atoms with Crippen molar-refractivity contribution in [1.29, 1.82) is 0 Å². The zero-order valence-corrected chi connectivity index (χ0v) is 37.8. The summed E-state index contributed by atoms with van der Waals surface area (Å²) < 4.78 is 6.79. The number of benzene rings is 5. The molecule has 2 saturated carbocycles. The van der Waals surface area contributed by atoms with E-state index in [1.54, 1.807) is 0 Å². The number of hydrogen-bond donors (Lipinski definition) is 2. The number of cyclic esters (lactones) is 1. The smallest absolute Gasteiger partial charge is 0.341 e. The van der Waals surface area contributed by atoms with Gasteiger partial charge in [-0.3, -0.25) is 0 Å². The van der Waals surface area contributed by atoms with Crippen LogP contribution in [0.25, 0.3) is 11.1 Å². The van der Waals surface area contributed by atoms with Crippen LogP contribution in [0, 0.1) is 27.7 Å². The summed E-state index contributed by atoms with van der Waals surface area (Å²) in [6, 6.07) is 30.6. The van der Waals surface area contributed by atoms with Crippen LogP contribution in [-0.2, 0) is 10.3 Å². The molecule has 4 nitrogen and oxygen atoms in total. The summed E-state index contributed by atoms with van der Waals surface area (Å²) in [6.45, 7) is 8.39. The number of anilines is 2. The average Bonchev–Trinajstić information content (AvgIpc) is 3.53. The molecule has 0 amide bonds. The van der Waals surface area contributed by atoms with Gasteiger partial charge in [-0.1, -0.05) is 169 Å². The van der Waals surface area contributed by atoms with E-state index in [9.17, 15) is 4.79 Å². The molecule has 2 aliphatic carbocycles. The molecule has 0 aromatic heterocycles. The summed E-state index contributed by atoms with van der Waals surface area (Å²) >= 11 is 28.0. The molecule has 2 fully saturated rings. The molecule has 5 aromatic rings. The van der Waals surface area contributed by atoms with Gasteiger partial charge < -0.3 is 15.4 Å². The second-order valence-corrected chi connectivity index (χ2v) is 18.6. The largest absolute Gasteiger partial charge is 0.442 e. The van der Waals surface area contributed by atoms with Crippen molar-refractivity contribution in [2.75, 3.05) is 10.6 Å². The normalized spacial score (nSPS) is 19.0. The Labute approximate surface area is 375 Å². The first-order chi connectivity index (χ1) is 28.9. The Hall–Kier alpha value is -4.19. The van der Waals surface area contributed by atoms with Gasteiger partial charge in [0.15, 0.2) is 5.60 Å². The number of esters is 1. The SMILES string of the molecule is Cc1ccc(C(=CC2(C=C(c3ccc(C)cc3)c3ccc(C)cc3NC3CCCCC3)OC(=O)c3c(Cl)c(Cl)c(Cl)c(Cl)c32)c2ccc(C)cc2NC2CCCCC2)cc1. The minimum Gasteiger partial charge on any atom is -0.442 e. The van der Waals surface area contributed by atoms with Crippen LogP contribution in [0.2, 0.25) is 20.1 Å². The number of carbonyl (C=O) groups excluding carboxylic acids is 1. The Bertz CT molecular complexity index is 2350. The first kappa shape index (κ1) is 42.5. The van der Waals surface area contributed by atoms with Crippen LogP contribution in [0.5, 0.6) is 0 Å². The molecule has 1 heterocycles. The molecule has 0 atom stereocenters. The van der Waals surface area contributed by atoms with Crippen LogP contribution < -0.4 is 10.6 Å². The lowest BCUT2D eigenvalue weighted by molar-refractivity contribution is 0.0300. The fraction of sp³-hybridized carbons (Fsp3) is 0.327. The standard InChI is InChI=1S/C52H52Cl4N2O2/c1-31-15-21-35(22-16-31)41(39-25-19-33(3)27-43(39)57-37-11-7-5-8-12-37)29-52(46-45(51(59)60-52)47(53)49(55)50(56)48(46)54)30-42(36-23-17-32(2)18-24-36)40-26-20-34(4)28-44(40)58-38-13-9-6-10-14-38/h15-30,37-38,57-58H,5-14H2,1-4H3. The number of carbonyl (C=O) groups is 1. The van der Waals surface area contributed by atoms with E-state index in [1.165, 1.54) is 38.5 Å². The highest BCUT2D eigenvalue weighted by molar-refractivity contribution is 6.53. The molecule has 0 radical (unpaired) electrons. The lowest BCUT2D eigenvalue weighted by Gasteiger charge is -2.30.